The second-order valence-electron chi connectivity index (χ2n) is 8.19. The Morgan fingerprint density at radius 3 is 1.62 bits per heavy atom. The first-order valence-electron chi connectivity index (χ1n) is 10.0. The van der Waals surface area contributed by atoms with E-state index in [4.69, 9.17) is 24.7 Å². The van der Waals surface area contributed by atoms with Crippen LogP contribution >= 0.6 is 0 Å². The van der Waals surface area contributed by atoms with Gasteiger partial charge in [-0.15, -0.1) is 0 Å². The number of benzene rings is 1. The molecule has 5 heteroatoms. The Morgan fingerprint density at radius 1 is 0.692 bits per heavy atom. The van der Waals surface area contributed by atoms with Crippen LogP contribution in [-0.4, -0.2) is 50.8 Å². The molecule has 26 heavy (non-hydrogen) atoms. The Balaban J connectivity index is 1.58. The standard InChI is InChI=1S/C21H29NO4/c1-12-18(4-14-9-24-14)20(6-16-11-26-16)19(5-15-10-25-15)17(21(12)7-22)3-2-13-8-23-13/h13-16H,2-11,22H2,1H3. The van der Waals surface area contributed by atoms with E-state index in [1.165, 1.54) is 33.4 Å². The minimum atomic E-state index is 0.378. The SMILES string of the molecule is Cc1c(CN)c(CCC2CO2)c(CC2CO2)c(CC2CO2)c1CC1CO1. The van der Waals surface area contributed by atoms with Gasteiger partial charge in [0.1, 0.15) is 0 Å². The molecule has 0 spiro atoms. The van der Waals surface area contributed by atoms with Gasteiger partial charge in [-0.25, -0.2) is 0 Å². The number of hydrogen-bond acceptors (Lipinski definition) is 5. The summed E-state index contributed by atoms with van der Waals surface area (Å²) in [7, 11) is 0. The fourth-order valence-corrected chi connectivity index (χ4v) is 4.31. The van der Waals surface area contributed by atoms with Gasteiger partial charge < -0.3 is 24.7 Å². The highest BCUT2D eigenvalue weighted by molar-refractivity contribution is 5.53. The monoisotopic (exact) mass is 359 g/mol. The van der Waals surface area contributed by atoms with Gasteiger partial charge in [-0.05, 0) is 53.1 Å². The topological polar surface area (TPSA) is 76.1 Å². The molecule has 0 amide bonds. The fourth-order valence-electron chi connectivity index (χ4n) is 4.31. The summed E-state index contributed by atoms with van der Waals surface area (Å²) in [5.41, 5.74) is 14.9. The van der Waals surface area contributed by atoms with Gasteiger partial charge in [0.05, 0.1) is 50.8 Å². The van der Waals surface area contributed by atoms with Crippen LogP contribution in [0.1, 0.15) is 39.8 Å². The molecule has 0 saturated carbocycles. The van der Waals surface area contributed by atoms with E-state index in [1.807, 2.05) is 0 Å². The molecular weight excluding hydrogens is 330 g/mol. The molecule has 4 saturated heterocycles. The first kappa shape index (κ1) is 17.1. The van der Waals surface area contributed by atoms with Crippen molar-refractivity contribution in [1.82, 2.24) is 0 Å². The van der Waals surface area contributed by atoms with Crippen molar-refractivity contribution in [3.05, 3.63) is 33.4 Å². The Labute approximate surface area is 155 Å². The lowest BCUT2D eigenvalue weighted by Gasteiger charge is -2.25. The molecule has 0 aliphatic carbocycles. The second kappa shape index (κ2) is 6.88. The lowest BCUT2D eigenvalue weighted by Crippen LogP contribution is -2.18. The highest BCUT2D eigenvalue weighted by Crippen LogP contribution is 2.37. The van der Waals surface area contributed by atoms with Crippen molar-refractivity contribution in [2.45, 2.75) is 70.0 Å². The van der Waals surface area contributed by atoms with E-state index in [0.717, 1.165) is 58.5 Å². The number of nitrogens with two attached hydrogens (primary N) is 1. The smallest absolute Gasteiger partial charge is 0.0850 e. The van der Waals surface area contributed by atoms with E-state index >= 15 is 0 Å². The summed E-state index contributed by atoms with van der Waals surface area (Å²) >= 11 is 0. The Morgan fingerprint density at radius 2 is 1.15 bits per heavy atom. The number of epoxide rings is 4. The van der Waals surface area contributed by atoms with Crippen LogP contribution in [0.2, 0.25) is 0 Å². The molecule has 5 nitrogen and oxygen atoms in total. The third kappa shape index (κ3) is 3.82. The lowest BCUT2D eigenvalue weighted by atomic mass is 9.80. The van der Waals surface area contributed by atoms with Gasteiger partial charge in [-0.1, -0.05) is 0 Å². The van der Waals surface area contributed by atoms with Gasteiger partial charge in [-0.2, -0.15) is 0 Å². The van der Waals surface area contributed by atoms with E-state index < -0.39 is 0 Å². The van der Waals surface area contributed by atoms with Gasteiger partial charge in [0.2, 0.25) is 0 Å². The maximum atomic E-state index is 6.25. The van der Waals surface area contributed by atoms with Crippen LogP contribution in [0.25, 0.3) is 0 Å². The van der Waals surface area contributed by atoms with Crippen molar-refractivity contribution in [1.29, 1.82) is 0 Å². The van der Waals surface area contributed by atoms with E-state index in [-0.39, 0.29) is 0 Å². The molecule has 0 radical (unpaired) electrons. The zero-order chi connectivity index (χ0) is 17.7. The maximum Gasteiger partial charge on any atom is 0.0850 e. The van der Waals surface area contributed by atoms with Gasteiger partial charge in [0.15, 0.2) is 0 Å². The predicted molar refractivity (Wildman–Crippen MR) is 97.5 cm³/mol. The molecule has 4 heterocycles. The molecule has 2 N–H and O–H groups in total. The third-order valence-electron chi connectivity index (χ3n) is 6.19. The van der Waals surface area contributed by atoms with Crippen molar-refractivity contribution in [3.8, 4) is 0 Å². The van der Waals surface area contributed by atoms with Crippen molar-refractivity contribution < 1.29 is 18.9 Å². The minimum Gasteiger partial charge on any atom is -0.373 e. The van der Waals surface area contributed by atoms with Crippen LogP contribution < -0.4 is 5.73 Å². The molecule has 4 atom stereocenters. The molecule has 4 aliphatic rings. The van der Waals surface area contributed by atoms with E-state index in [9.17, 15) is 0 Å². The Bertz CT molecular complexity index is 688. The minimum absolute atomic E-state index is 0.378. The molecule has 4 aliphatic heterocycles. The first-order valence-corrected chi connectivity index (χ1v) is 10.0. The predicted octanol–water partition coefficient (Wildman–Crippen LogP) is 1.61. The van der Waals surface area contributed by atoms with Crippen molar-refractivity contribution in [2.24, 2.45) is 5.73 Å². The van der Waals surface area contributed by atoms with Crippen LogP contribution in [0.15, 0.2) is 0 Å². The molecule has 4 unspecified atom stereocenters. The molecule has 4 fully saturated rings. The van der Waals surface area contributed by atoms with Crippen LogP contribution in [0.3, 0.4) is 0 Å². The molecule has 1 aromatic rings. The van der Waals surface area contributed by atoms with Gasteiger partial charge in [0, 0.05) is 25.8 Å². The van der Waals surface area contributed by atoms with Crippen LogP contribution in [-0.2, 0) is 51.2 Å². The van der Waals surface area contributed by atoms with Gasteiger partial charge >= 0.3 is 0 Å². The first-order chi connectivity index (χ1) is 12.7. The second-order valence-corrected chi connectivity index (χ2v) is 8.19. The van der Waals surface area contributed by atoms with E-state index in [1.54, 1.807) is 0 Å². The highest BCUT2D eigenvalue weighted by Gasteiger charge is 2.34. The summed E-state index contributed by atoms with van der Waals surface area (Å²) in [5.74, 6) is 0. The molecule has 0 bridgehead atoms. The fraction of sp³-hybridized carbons (Fsp3) is 0.714. The lowest BCUT2D eigenvalue weighted by molar-refractivity contribution is 0.393. The summed E-state index contributed by atoms with van der Waals surface area (Å²) in [6.45, 7) is 6.44. The van der Waals surface area contributed by atoms with E-state index in [0.29, 0.717) is 31.0 Å². The Hall–Kier alpha value is -0.980. The number of hydrogen-bond donors (Lipinski definition) is 1. The number of rotatable bonds is 10. The van der Waals surface area contributed by atoms with Crippen LogP contribution in [0.4, 0.5) is 0 Å². The van der Waals surface area contributed by atoms with Crippen LogP contribution in [0.5, 0.6) is 0 Å². The molecule has 142 valence electrons. The third-order valence-corrected chi connectivity index (χ3v) is 6.19. The summed E-state index contributed by atoms with van der Waals surface area (Å²) in [4.78, 5) is 0. The quantitative estimate of drug-likeness (QED) is 0.642. The molecule has 5 rings (SSSR count). The average molecular weight is 359 g/mol. The van der Waals surface area contributed by atoms with Crippen molar-refractivity contribution >= 4 is 0 Å². The molecule has 0 aromatic heterocycles. The van der Waals surface area contributed by atoms with Crippen molar-refractivity contribution in [3.63, 3.8) is 0 Å². The van der Waals surface area contributed by atoms with Gasteiger partial charge in [0.25, 0.3) is 0 Å². The number of ether oxygens (including phenoxy) is 4. The van der Waals surface area contributed by atoms with Crippen molar-refractivity contribution in [2.75, 3.05) is 26.4 Å². The van der Waals surface area contributed by atoms with Gasteiger partial charge in [-0.3, -0.25) is 0 Å². The summed E-state index contributed by atoms with van der Waals surface area (Å²) < 4.78 is 22.2. The summed E-state index contributed by atoms with van der Waals surface area (Å²) in [6.07, 6.45) is 6.77. The van der Waals surface area contributed by atoms with Crippen LogP contribution in [0, 0.1) is 6.92 Å². The normalized spacial score (nSPS) is 31.2. The molecule has 1 aromatic carbocycles. The largest absolute Gasteiger partial charge is 0.373 e. The molecular formula is C21H29NO4. The highest BCUT2D eigenvalue weighted by atomic mass is 16.6. The zero-order valence-electron chi connectivity index (χ0n) is 15.6. The maximum absolute atomic E-state index is 6.25. The van der Waals surface area contributed by atoms with E-state index in [2.05, 4.69) is 6.92 Å². The summed E-state index contributed by atoms with van der Waals surface area (Å²) in [5, 5.41) is 0. The summed E-state index contributed by atoms with van der Waals surface area (Å²) in [6, 6.07) is 0. The zero-order valence-corrected chi connectivity index (χ0v) is 15.6. The Kier molecular flexibility index (Phi) is 4.53. The average Bonchev–Trinajstić information content (AvgIpc) is 3.45.